The highest BCUT2D eigenvalue weighted by Gasteiger charge is 2.06. The van der Waals surface area contributed by atoms with Crippen LogP contribution in [0, 0.1) is 6.92 Å². The minimum absolute atomic E-state index is 0.0390. The number of aryl methyl sites for hydroxylation is 1. The number of carbonyl (C=O) groups excluding carboxylic acids is 2. The number of ether oxygens (including phenoxy) is 1. The average molecular weight is 207 g/mol. The quantitative estimate of drug-likeness (QED) is 0.757. The predicted molar refractivity (Wildman–Crippen MR) is 57.2 cm³/mol. The molecule has 4 heteroatoms. The van der Waals surface area contributed by atoms with Gasteiger partial charge in [0.25, 0.3) is 0 Å². The van der Waals surface area contributed by atoms with E-state index in [9.17, 15) is 9.59 Å². The molecule has 0 fully saturated rings. The maximum atomic E-state index is 11.1. The third-order valence-corrected chi connectivity index (χ3v) is 2.07. The summed E-state index contributed by atoms with van der Waals surface area (Å²) in [5, 5.41) is 2.54. The van der Waals surface area contributed by atoms with Crippen molar-refractivity contribution in [3.05, 3.63) is 29.3 Å². The van der Waals surface area contributed by atoms with Crippen LogP contribution in [-0.4, -0.2) is 19.0 Å². The van der Waals surface area contributed by atoms with Gasteiger partial charge in [0, 0.05) is 11.3 Å². The Morgan fingerprint density at radius 1 is 1.33 bits per heavy atom. The Morgan fingerprint density at radius 3 is 2.53 bits per heavy atom. The van der Waals surface area contributed by atoms with Crippen molar-refractivity contribution < 1.29 is 14.3 Å². The first-order valence-electron chi connectivity index (χ1n) is 4.51. The van der Waals surface area contributed by atoms with Crippen molar-refractivity contribution in [1.82, 2.24) is 0 Å². The smallest absolute Gasteiger partial charge is 0.411 e. The number of Topliss-reactive ketones (excluding diaryl/α,β-unsaturated/α-hetero) is 1. The number of hydrogen-bond acceptors (Lipinski definition) is 3. The van der Waals surface area contributed by atoms with E-state index in [4.69, 9.17) is 0 Å². The number of carbonyl (C=O) groups is 2. The Bertz CT molecular complexity index is 399. The monoisotopic (exact) mass is 207 g/mol. The van der Waals surface area contributed by atoms with Crippen LogP contribution in [0.2, 0.25) is 0 Å². The number of amides is 1. The zero-order valence-electron chi connectivity index (χ0n) is 8.96. The Morgan fingerprint density at radius 2 is 2.00 bits per heavy atom. The molecule has 0 aliphatic heterocycles. The molecule has 15 heavy (non-hydrogen) atoms. The van der Waals surface area contributed by atoms with E-state index < -0.39 is 6.09 Å². The number of methoxy groups -OCH3 is 1. The molecule has 0 heterocycles. The minimum atomic E-state index is -0.543. The van der Waals surface area contributed by atoms with E-state index in [2.05, 4.69) is 10.1 Å². The van der Waals surface area contributed by atoms with Crippen molar-refractivity contribution in [2.45, 2.75) is 13.8 Å². The fourth-order valence-electron chi connectivity index (χ4n) is 1.14. The lowest BCUT2D eigenvalue weighted by molar-refractivity contribution is 0.101. The highest BCUT2D eigenvalue weighted by Crippen LogP contribution is 2.17. The molecule has 0 aliphatic carbocycles. The predicted octanol–water partition coefficient (Wildman–Crippen LogP) is 2.38. The second-order valence-corrected chi connectivity index (χ2v) is 3.20. The molecule has 1 aromatic carbocycles. The van der Waals surface area contributed by atoms with Crippen LogP contribution >= 0.6 is 0 Å². The molecule has 80 valence electrons. The summed E-state index contributed by atoms with van der Waals surface area (Å²) in [6.45, 7) is 3.32. The molecule has 0 spiro atoms. The first-order chi connectivity index (χ1) is 7.04. The number of ketones is 1. The molecular weight excluding hydrogens is 194 g/mol. The van der Waals surface area contributed by atoms with Crippen LogP contribution in [0.4, 0.5) is 10.5 Å². The van der Waals surface area contributed by atoms with Crippen LogP contribution in [0.15, 0.2) is 18.2 Å². The second kappa shape index (κ2) is 4.59. The zero-order valence-corrected chi connectivity index (χ0v) is 8.96. The van der Waals surface area contributed by atoms with Crippen LogP contribution in [0.5, 0.6) is 0 Å². The molecule has 0 bridgehead atoms. The highest BCUT2D eigenvalue weighted by atomic mass is 16.5. The number of hydrogen-bond donors (Lipinski definition) is 1. The standard InChI is InChI=1S/C11H13NO3/c1-7-4-5-9(8(2)13)6-10(7)12-11(14)15-3/h4-6H,1-3H3,(H,12,14). The van der Waals surface area contributed by atoms with Gasteiger partial charge in [0.05, 0.1) is 7.11 Å². The summed E-state index contributed by atoms with van der Waals surface area (Å²) in [5.41, 5.74) is 2.03. The zero-order chi connectivity index (χ0) is 11.4. The summed E-state index contributed by atoms with van der Waals surface area (Å²) < 4.78 is 4.47. The summed E-state index contributed by atoms with van der Waals surface area (Å²) in [5.74, 6) is -0.0390. The van der Waals surface area contributed by atoms with Gasteiger partial charge in [0.15, 0.2) is 5.78 Å². The molecule has 1 aromatic rings. The molecule has 4 nitrogen and oxygen atoms in total. The normalized spacial score (nSPS) is 9.53. The third kappa shape index (κ3) is 2.80. The number of anilines is 1. The van der Waals surface area contributed by atoms with Crippen molar-refractivity contribution in [2.24, 2.45) is 0 Å². The SMILES string of the molecule is COC(=O)Nc1cc(C(C)=O)ccc1C. The summed E-state index contributed by atoms with van der Waals surface area (Å²) >= 11 is 0. The lowest BCUT2D eigenvalue weighted by Crippen LogP contribution is -2.12. The molecular formula is C11H13NO3. The molecule has 1 N–H and O–H groups in total. The van der Waals surface area contributed by atoms with Gasteiger partial charge in [-0.3, -0.25) is 10.1 Å². The topological polar surface area (TPSA) is 55.4 Å². The summed E-state index contributed by atoms with van der Waals surface area (Å²) in [6, 6.07) is 5.14. The number of nitrogens with one attached hydrogen (secondary N) is 1. The van der Waals surface area contributed by atoms with Crippen molar-refractivity contribution in [3.8, 4) is 0 Å². The second-order valence-electron chi connectivity index (χ2n) is 3.20. The van der Waals surface area contributed by atoms with Crippen LogP contribution in [0.3, 0.4) is 0 Å². The fraction of sp³-hybridized carbons (Fsp3) is 0.273. The molecule has 0 radical (unpaired) electrons. The van der Waals surface area contributed by atoms with E-state index in [1.165, 1.54) is 14.0 Å². The highest BCUT2D eigenvalue weighted by molar-refractivity contribution is 5.96. The molecule has 1 amide bonds. The van der Waals surface area contributed by atoms with Crippen LogP contribution < -0.4 is 5.32 Å². The van der Waals surface area contributed by atoms with Gasteiger partial charge in [-0.1, -0.05) is 12.1 Å². The van der Waals surface area contributed by atoms with Crippen molar-refractivity contribution in [1.29, 1.82) is 0 Å². The van der Waals surface area contributed by atoms with Crippen LogP contribution in [0.1, 0.15) is 22.8 Å². The molecule has 0 aliphatic rings. The van der Waals surface area contributed by atoms with Gasteiger partial charge in [-0.15, -0.1) is 0 Å². The largest absolute Gasteiger partial charge is 0.453 e. The molecule has 0 saturated carbocycles. The first-order valence-corrected chi connectivity index (χ1v) is 4.51. The summed E-state index contributed by atoms with van der Waals surface area (Å²) in [7, 11) is 1.29. The lowest BCUT2D eigenvalue weighted by atomic mass is 10.1. The molecule has 0 unspecified atom stereocenters. The van der Waals surface area contributed by atoms with E-state index in [0.29, 0.717) is 11.3 Å². The van der Waals surface area contributed by atoms with E-state index in [1.807, 2.05) is 6.92 Å². The Labute approximate surface area is 88.2 Å². The van der Waals surface area contributed by atoms with E-state index in [-0.39, 0.29) is 5.78 Å². The maximum absolute atomic E-state index is 11.1. The van der Waals surface area contributed by atoms with Crippen molar-refractivity contribution in [2.75, 3.05) is 12.4 Å². The van der Waals surface area contributed by atoms with Gasteiger partial charge in [-0.2, -0.15) is 0 Å². The van der Waals surface area contributed by atoms with Gasteiger partial charge in [-0.25, -0.2) is 4.79 Å². The Hall–Kier alpha value is -1.84. The minimum Gasteiger partial charge on any atom is -0.453 e. The van der Waals surface area contributed by atoms with E-state index in [1.54, 1.807) is 18.2 Å². The molecule has 0 atom stereocenters. The average Bonchev–Trinajstić information content (AvgIpc) is 2.20. The van der Waals surface area contributed by atoms with Gasteiger partial charge < -0.3 is 4.74 Å². The van der Waals surface area contributed by atoms with Gasteiger partial charge >= 0.3 is 6.09 Å². The summed E-state index contributed by atoms with van der Waals surface area (Å²) in [4.78, 5) is 22.1. The van der Waals surface area contributed by atoms with Crippen LogP contribution in [-0.2, 0) is 4.74 Å². The van der Waals surface area contributed by atoms with Crippen molar-refractivity contribution in [3.63, 3.8) is 0 Å². The maximum Gasteiger partial charge on any atom is 0.411 e. The van der Waals surface area contributed by atoms with Gasteiger partial charge in [0.1, 0.15) is 0 Å². The molecule has 1 rings (SSSR count). The third-order valence-electron chi connectivity index (χ3n) is 2.07. The van der Waals surface area contributed by atoms with Gasteiger partial charge in [-0.05, 0) is 25.5 Å². The number of rotatable bonds is 2. The lowest BCUT2D eigenvalue weighted by Gasteiger charge is -2.08. The fourth-order valence-corrected chi connectivity index (χ4v) is 1.14. The first kappa shape index (κ1) is 11.2. The molecule has 0 aromatic heterocycles. The Balaban J connectivity index is 3.00. The van der Waals surface area contributed by atoms with E-state index in [0.717, 1.165) is 5.56 Å². The van der Waals surface area contributed by atoms with Crippen molar-refractivity contribution >= 4 is 17.6 Å². The summed E-state index contributed by atoms with van der Waals surface area (Å²) in [6.07, 6.45) is -0.543. The Kier molecular flexibility index (Phi) is 3.44. The number of benzene rings is 1. The van der Waals surface area contributed by atoms with E-state index >= 15 is 0 Å². The van der Waals surface area contributed by atoms with Gasteiger partial charge in [0.2, 0.25) is 0 Å². The molecule has 0 saturated heterocycles. The van der Waals surface area contributed by atoms with Crippen LogP contribution in [0.25, 0.3) is 0 Å².